The highest BCUT2D eigenvalue weighted by molar-refractivity contribution is 5.97. The molecule has 0 saturated heterocycles. The first-order valence-corrected chi connectivity index (χ1v) is 10.3. The number of benzene rings is 1. The summed E-state index contributed by atoms with van der Waals surface area (Å²) in [4.78, 5) is 24.7. The third kappa shape index (κ3) is 9.33. The predicted molar refractivity (Wildman–Crippen MR) is 106 cm³/mol. The Morgan fingerprint density at radius 2 is 1.66 bits per heavy atom. The summed E-state index contributed by atoms with van der Waals surface area (Å²) in [5, 5.41) is 2.51. The molecule has 0 aliphatic rings. The second-order valence-electron chi connectivity index (χ2n) is 7.56. The van der Waals surface area contributed by atoms with Gasteiger partial charge in [0.2, 0.25) is 0 Å². The van der Waals surface area contributed by atoms with E-state index in [9.17, 15) is 22.8 Å². The minimum Gasteiger partial charge on any atom is -0.464 e. The van der Waals surface area contributed by atoms with Crippen molar-refractivity contribution in [3.63, 3.8) is 0 Å². The van der Waals surface area contributed by atoms with E-state index in [4.69, 9.17) is 4.74 Å². The lowest BCUT2D eigenvalue weighted by molar-refractivity contribution is -0.147. The lowest BCUT2D eigenvalue weighted by Crippen LogP contribution is -2.45. The first-order valence-electron chi connectivity index (χ1n) is 10.3. The molecule has 1 amide bonds. The maximum Gasteiger partial charge on any atom is 0.416 e. The van der Waals surface area contributed by atoms with Crippen LogP contribution in [0.25, 0.3) is 0 Å². The van der Waals surface area contributed by atoms with Crippen LogP contribution >= 0.6 is 0 Å². The summed E-state index contributed by atoms with van der Waals surface area (Å²) >= 11 is 0. The smallest absolute Gasteiger partial charge is 0.416 e. The second kappa shape index (κ2) is 12.5. The number of amides is 1. The summed E-state index contributed by atoms with van der Waals surface area (Å²) in [6, 6.07) is 3.21. The molecule has 1 aromatic rings. The van der Waals surface area contributed by atoms with Gasteiger partial charge in [0.05, 0.1) is 12.2 Å². The van der Waals surface area contributed by atoms with Crippen molar-refractivity contribution >= 4 is 11.9 Å². The van der Waals surface area contributed by atoms with E-state index in [2.05, 4.69) is 12.2 Å². The van der Waals surface area contributed by atoms with Gasteiger partial charge in [-0.05, 0) is 30.5 Å². The molecule has 1 aromatic carbocycles. The van der Waals surface area contributed by atoms with E-state index in [0.29, 0.717) is 0 Å². The fourth-order valence-electron chi connectivity index (χ4n) is 2.88. The average Bonchev–Trinajstić information content (AvgIpc) is 2.67. The molecule has 1 N–H and O–H groups in total. The Kier molecular flexibility index (Phi) is 10.8. The lowest BCUT2D eigenvalue weighted by Gasteiger charge is -2.21. The van der Waals surface area contributed by atoms with E-state index in [1.54, 1.807) is 13.8 Å². The van der Waals surface area contributed by atoms with Crippen molar-refractivity contribution in [1.29, 1.82) is 0 Å². The predicted octanol–water partition coefficient (Wildman–Crippen LogP) is 5.75. The van der Waals surface area contributed by atoms with Crippen LogP contribution < -0.4 is 5.32 Å². The number of hydrogen-bond donors (Lipinski definition) is 1. The molecule has 0 aromatic heterocycles. The molecule has 1 rings (SSSR count). The molecule has 164 valence electrons. The van der Waals surface area contributed by atoms with Gasteiger partial charge in [-0.25, -0.2) is 4.79 Å². The van der Waals surface area contributed by atoms with Gasteiger partial charge in [-0.2, -0.15) is 13.2 Å². The van der Waals surface area contributed by atoms with Gasteiger partial charge in [0.15, 0.2) is 0 Å². The van der Waals surface area contributed by atoms with Gasteiger partial charge >= 0.3 is 12.1 Å². The van der Waals surface area contributed by atoms with Crippen molar-refractivity contribution in [2.45, 2.75) is 77.9 Å². The van der Waals surface area contributed by atoms with Gasteiger partial charge in [-0.3, -0.25) is 4.79 Å². The van der Waals surface area contributed by atoms with E-state index in [-0.39, 0.29) is 18.1 Å². The molecule has 7 heteroatoms. The monoisotopic (exact) mass is 415 g/mol. The van der Waals surface area contributed by atoms with Gasteiger partial charge in [-0.15, -0.1) is 0 Å². The molecule has 0 radical (unpaired) electrons. The van der Waals surface area contributed by atoms with Crippen LogP contribution in [0.5, 0.6) is 0 Å². The summed E-state index contributed by atoms with van der Waals surface area (Å²) in [7, 11) is 0. The summed E-state index contributed by atoms with van der Waals surface area (Å²) in [5.74, 6) is -1.56. The molecule has 0 aliphatic heterocycles. The highest BCUT2D eigenvalue weighted by atomic mass is 19.4. The molecule has 1 unspecified atom stereocenters. The molecule has 29 heavy (non-hydrogen) atoms. The Bertz CT molecular complexity index is 644. The van der Waals surface area contributed by atoms with E-state index < -0.39 is 29.7 Å². The van der Waals surface area contributed by atoms with E-state index >= 15 is 0 Å². The topological polar surface area (TPSA) is 55.4 Å². The Morgan fingerprint density at radius 1 is 1.03 bits per heavy atom. The number of nitrogens with one attached hydrogen (secondary N) is 1. The maximum atomic E-state index is 12.8. The van der Waals surface area contributed by atoms with Crippen LogP contribution in [0.4, 0.5) is 13.2 Å². The van der Waals surface area contributed by atoms with Crippen LogP contribution in [0.1, 0.15) is 81.6 Å². The van der Waals surface area contributed by atoms with Crippen molar-refractivity contribution in [1.82, 2.24) is 5.32 Å². The molecule has 0 bridgehead atoms. The lowest BCUT2D eigenvalue weighted by atomic mass is 10.0. The average molecular weight is 415 g/mol. The largest absolute Gasteiger partial charge is 0.464 e. The van der Waals surface area contributed by atoms with Gasteiger partial charge in [0, 0.05) is 5.56 Å². The quantitative estimate of drug-likeness (QED) is 0.349. The summed E-state index contributed by atoms with van der Waals surface area (Å²) in [6.45, 7) is 5.92. The SMILES string of the molecule is CCCCCCCCCOC(=O)C(NC(=O)c1cccc(C(F)(F)F)c1)C(C)C. The minimum absolute atomic E-state index is 0.148. The first kappa shape index (κ1) is 25.0. The molecule has 0 fully saturated rings. The normalized spacial score (nSPS) is 12.7. The summed E-state index contributed by atoms with van der Waals surface area (Å²) in [6.07, 6.45) is 3.10. The minimum atomic E-state index is -4.54. The number of hydrogen-bond acceptors (Lipinski definition) is 3. The number of carbonyl (C=O) groups is 2. The van der Waals surface area contributed by atoms with Crippen LogP contribution in [-0.2, 0) is 15.7 Å². The van der Waals surface area contributed by atoms with Crippen LogP contribution in [0.15, 0.2) is 24.3 Å². The Labute approximate surface area is 171 Å². The number of halogens is 3. The van der Waals surface area contributed by atoms with Crippen LogP contribution in [-0.4, -0.2) is 24.5 Å². The van der Waals surface area contributed by atoms with Crippen LogP contribution in [0.2, 0.25) is 0 Å². The number of alkyl halides is 3. The van der Waals surface area contributed by atoms with Gasteiger partial charge < -0.3 is 10.1 Å². The van der Waals surface area contributed by atoms with Gasteiger partial charge in [-0.1, -0.05) is 65.4 Å². The summed E-state index contributed by atoms with van der Waals surface area (Å²) in [5.41, 5.74) is -1.06. The molecule has 1 atom stereocenters. The highest BCUT2D eigenvalue weighted by Gasteiger charge is 2.31. The molecule has 0 aliphatic carbocycles. The number of ether oxygens (including phenoxy) is 1. The molecule has 0 saturated carbocycles. The Morgan fingerprint density at radius 3 is 2.24 bits per heavy atom. The van der Waals surface area contributed by atoms with Gasteiger partial charge in [0.1, 0.15) is 6.04 Å². The van der Waals surface area contributed by atoms with Crippen LogP contribution in [0, 0.1) is 5.92 Å². The molecule has 0 spiro atoms. The zero-order chi connectivity index (χ0) is 21.9. The molecular weight excluding hydrogens is 383 g/mol. The van der Waals surface area contributed by atoms with E-state index in [1.807, 2.05) is 0 Å². The Balaban J connectivity index is 2.53. The number of carbonyl (C=O) groups excluding carboxylic acids is 2. The first-order chi connectivity index (χ1) is 13.7. The zero-order valence-corrected chi connectivity index (χ0v) is 17.5. The number of unbranched alkanes of at least 4 members (excludes halogenated alkanes) is 6. The molecule has 0 heterocycles. The summed E-state index contributed by atoms with van der Waals surface area (Å²) < 4.78 is 43.8. The van der Waals surface area contributed by atoms with Crippen molar-refractivity contribution in [3.05, 3.63) is 35.4 Å². The van der Waals surface area contributed by atoms with Crippen molar-refractivity contribution in [2.75, 3.05) is 6.61 Å². The Hall–Kier alpha value is -2.05. The zero-order valence-electron chi connectivity index (χ0n) is 17.5. The fourth-order valence-corrected chi connectivity index (χ4v) is 2.88. The number of rotatable bonds is 12. The second-order valence-corrected chi connectivity index (χ2v) is 7.56. The van der Waals surface area contributed by atoms with E-state index in [1.165, 1.54) is 37.8 Å². The third-order valence-corrected chi connectivity index (χ3v) is 4.65. The van der Waals surface area contributed by atoms with Gasteiger partial charge in [0.25, 0.3) is 5.91 Å². The van der Waals surface area contributed by atoms with Crippen molar-refractivity contribution < 1.29 is 27.5 Å². The molecular formula is C22H32F3NO3. The van der Waals surface area contributed by atoms with Crippen molar-refractivity contribution in [2.24, 2.45) is 5.92 Å². The van der Waals surface area contributed by atoms with E-state index in [0.717, 1.165) is 31.4 Å². The van der Waals surface area contributed by atoms with Crippen molar-refractivity contribution in [3.8, 4) is 0 Å². The van der Waals surface area contributed by atoms with Crippen LogP contribution in [0.3, 0.4) is 0 Å². The molecule has 4 nitrogen and oxygen atoms in total. The standard InChI is InChI=1S/C22H32F3NO3/c1-4-5-6-7-8-9-10-14-29-21(28)19(16(2)3)26-20(27)17-12-11-13-18(15-17)22(23,24)25/h11-13,15-16,19H,4-10,14H2,1-3H3,(H,26,27). The highest BCUT2D eigenvalue weighted by Crippen LogP contribution is 2.29. The number of esters is 1. The third-order valence-electron chi connectivity index (χ3n) is 4.65. The maximum absolute atomic E-state index is 12.8. The fraction of sp³-hybridized carbons (Fsp3) is 0.636.